The third-order valence-electron chi connectivity index (χ3n) is 3.41. The van der Waals surface area contributed by atoms with Gasteiger partial charge in [0.1, 0.15) is 6.10 Å². The van der Waals surface area contributed by atoms with Gasteiger partial charge < -0.3 is 9.64 Å². The van der Waals surface area contributed by atoms with Crippen LogP contribution in [0.2, 0.25) is 0 Å². The molecular formula is C15H16N4O2. The summed E-state index contributed by atoms with van der Waals surface area (Å²) in [6.07, 6.45) is 8.29. The number of piperidine rings is 1. The first kappa shape index (κ1) is 13.5. The second-order valence-corrected chi connectivity index (χ2v) is 4.90. The topological polar surface area (TPSA) is 68.2 Å². The van der Waals surface area contributed by atoms with Crippen LogP contribution in [0.25, 0.3) is 0 Å². The molecule has 1 aliphatic rings. The molecule has 0 aromatic carbocycles. The lowest BCUT2D eigenvalue weighted by Crippen LogP contribution is -2.44. The van der Waals surface area contributed by atoms with Crippen LogP contribution >= 0.6 is 0 Å². The van der Waals surface area contributed by atoms with Gasteiger partial charge in [-0.1, -0.05) is 0 Å². The minimum atomic E-state index is -0.0630. The predicted octanol–water partition coefficient (Wildman–Crippen LogP) is 1.56. The number of carbonyl (C=O) groups excluding carboxylic acids is 1. The molecule has 21 heavy (non-hydrogen) atoms. The lowest BCUT2D eigenvalue weighted by Gasteiger charge is -2.32. The zero-order chi connectivity index (χ0) is 14.5. The van der Waals surface area contributed by atoms with Crippen LogP contribution in [0.4, 0.5) is 0 Å². The lowest BCUT2D eigenvalue weighted by molar-refractivity contribution is 0.0515. The van der Waals surface area contributed by atoms with Crippen LogP contribution in [0, 0.1) is 0 Å². The van der Waals surface area contributed by atoms with Gasteiger partial charge in [-0.3, -0.25) is 9.78 Å². The molecule has 0 radical (unpaired) electrons. The van der Waals surface area contributed by atoms with Crippen molar-refractivity contribution >= 4 is 5.91 Å². The van der Waals surface area contributed by atoms with E-state index in [0.29, 0.717) is 18.1 Å². The number of rotatable bonds is 3. The molecule has 0 bridgehead atoms. The molecule has 1 fully saturated rings. The summed E-state index contributed by atoms with van der Waals surface area (Å²) in [6, 6.07) is 5.56. The van der Waals surface area contributed by atoms with Crippen LogP contribution < -0.4 is 4.74 Å². The Hall–Kier alpha value is -2.50. The standard InChI is InChI=1S/C15H16N4O2/c20-14(12-4-8-16-9-5-12)19-10-1-3-13(11-19)21-15-17-6-2-7-18-15/h2,4-9,13H,1,3,10-11H2. The molecule has 2 aromatic rings. The van der Waals surface area contributed by atoms with E-state index in [1.165, 1.54) is 0 Å². The van der Waals surface area contributed by atoms with Gasteiger partial charge in [-0.15, -0.1) is 0 Å². The number of ether oxygens (including phenoxy) is 1. The van der Waals surface area contributed by atoms with Gasteiger partial charge in [0.15, 0.2) is 0 Å². The number of hydrogen-bond donors (Lipinski definition) is 0. The van der Waals surface area contributed by atoms with E-state index in [0.717, 1.165) is 19.4 Å². The van der Waals surface area contributed by atoms with E-state index in [-0.39, 0.29) is 12.0 Å². The van der Waals surface area contributed by atoms with Crippen molar-refractivity contribution in [3.63, 3.8) is 0 Å². The van der Waals surface area contributed by atoms with Gasteiger partial charge in [0, 0.05) is 36.9 Å². The van der Waals surface area contributed by atoms with Crippen molar-refractivity contribution in [2.75, 3.05) is 13.1 Å². The molecule has 3 rings (SSSR count). The summed E-state index contributed by atoms with van der Waals surface area (Å²) in [4.78, 5) is 26.3. The molecule has 1 saturated heterocycles. The number of amides is 1. The number of pyridine rings is 1. The zero-order valence-electron chi connectivity index (χ0n) is 11.6. The molecule has 0 saturated carbocycles. The highest BCUT2D eigenvalue weighted by atomic mass is 16.5. The average Bonchev–Trinajstić information content (AvgIpc) is 2.56. The highest BCUT2D eigenvalue weighted by molar-refractivity contribution is 5.94. The van der Waals surface area contributed by atoms with Crippen LogP contribution in [0.3, 0.4) is 0 Å². The minimum absolute atomic E-state index is 0.0136. The van der Waals surface area contributed by atoms with Crippen molar-refractivity contribution in [1.82, 2.24) is 19.9 Å². The summed E-state index contributed by atoms with van der Waals surface area (Å²) in [5.41, 5.74) is 0.654. The summed E-state index contributed by atoms with van der Waals surface area (Å²) in [7, 11) is 0. The maximum atomic E-state index is 12.4. The van der Waals surface area contributed by atoms with Crippen molar-refractivity contribution in [3.8, 4) is 6.01 Å². The summed E-state index contributed by atoms with van der Waals surface area (Å²) >= 11 is 0. The molecule has 6 heteroatoms. The first-order chi connectivity index (χ1) is 10.3. The average molecular weight is 284 g/mol. The highest BCUT2D eigenvalue weighted by Gasteiger charge is 2.26. The molecule has 1 amide bonds. The smallest absolute Gasteiger partial charge is 0.316 e. The fraction of sp³-hybridized carbons (Fsp3) is 0.333. The van der Waals surface area contributed by atoms with E-state index >= 15 is 0 Å². The SMILES string of the molecule is O=C(c1ccncc1)N1CCCC(Oc2ncccn2)C1. The minimum Gasteiger partial charge on any atom is -0.458 e. The first-order valence-electron chi connectivity index (χ1n) is 6.96. The quantitative estimate of drug-likeness (QED) is 0.855. The Bertz CT molecular complexity index is 591. The van der Waals surface area contributed by atoms with Crippen LogP contribution in [0.1, 0.15) is 23.2 Å². The van der Waals surface area contributed by atoms with E-state index in [1.807, 2.05) is 4.90 Å². The third-order valence-corrected chi connectivity index (χ3v) is 3.41. The Labute approximate surface area is 122 Å². The molecule has 0 aliphatic carbocycles. The van der Waals surface area contributed by atoms with Crippen LogP contribution in [-0.2, 0) is 0 Å². The van der Waals surface area contributed by atoms with E-state index in [2.05, 4.69) is 15.0 Å². The Morgan fingerprint density at radius 1 is 1.19 bits per heavy atom. The summed E-state index contributed by atoms with van der Waals surface area (Å²) in [6.45, 7) is 1.30. The normalized spacial score (nSPS) is 18.3. The molecule has 108 valence electrons. The number of nitrogens with zero attached hydrogens (tertiary/aromatic N) is 4. The Kier molecular flexibility index (Phi) is 4.04. The number of likely N-dealkylation sites (tertiary alicyclic amines) is 1. The van der Waals surface area contributed by atoms with Gasteiger partial charge >= 0.3 is 6.01 Å². The van der Waals surface area contributed by atoms with Crippen molar-refractivity contribution in [2.45, 2.75) is 18.9 Å². The van der Waals surface area contributed by atoms with E-state index in [1.54, 1.807) is 43.0 Å². The second kappa shape index (κ2) is 6.30. The van der Waals surface area contributed by atoms with Gasteiger partial charge in [-0.25, -0.2) is 9.97 Å². The highest BCUT2D eigenvalue weighted by Crippen LogP contribution is 2.17. The van der Waals surface area contributed by atoms with E-state index in [4.69, 9.17) is 4.74 Å². The molecule has 6 nitrogen and oxygen atoms in total. The van der Waals surface area contributed by atoms with E-state index in [9.17, 15) is 4.79 Å². The lowest BCUT2D eigenvalue weighted by atomic mass is 10.1. The summed E-state index contributed by atoms with van der Waals surface area (Å²) in [5.74, 6) is 0.0136. The molecule has 3 heterocycles. The Morgan fingerprint density at radius 3 is 2.71 bits per heavy atom. The predicted molar refractivity (Wildman–Crippen MR) is 75.8 cm³/mol. The fourth-order valence-corrected chi connectivity index (χ4v) is 2.39. The van der Waals surface area contributed by atoms with Gasteiger partial charge in [0.2, 0.25) is 0 Å². The van der Waals surface area contributed by atoms with Gasteiger partial charge in [0.25, 0.3) is 5.91 Å². The second-order valence-electron chi connectivity index (χ2n) is 4.90. The van der Waals surface area contributed by atoms with Crippen LogP contribution in [0.5, 0.6) is 6.01 Å². The Morgan fingerprint density at radius 2 is 1.95 bits per heavy atom. The van der Waals surface area contributed by atoms with Gasteiger partial charge in [0.05, 0.1) is 6.54 Å². The maximum Gasteiger partial charge on any atom is 0.316 e. The van der Waals surface area contributed by atoms with Crippen molar-refractivity contribution in [2.24, 2.45) is 0 Å². The maximum absolute atomic E-state index is 12.4. The number of aromatic nitrogens is 3. The van der Waals surface area contributed by atoms with Gasteiger partial charge in [-0.05, 0) is 31.0 Å². The van der Waals surface area contributed by atoms with Crippen molar-refractivity contribution in [3.05, 3.63) is 48.5 Å². The fourth-order valence-electron chi connectivity index (χ4n) is 2.39. The summed E-state index contributed by atoms with van der Waals surface area (Å²) in [5, 5.41) is 0. The molecule has 1 aliphatic heterocycles. The first-order valence-corrected chi connectivity index (χ1v) is 6.96. The largest absolute Gasteiger partial charge is 0.458 e. The number of hydrogen-bond acceptors (Lipinski definition) is 5. The molecule has 1 atom stereocenters. The zero-order valence-corrected chi connectivity index (χ0v) is 11.6. The van der Waals surface area contributed by atoms with Crippen LogP contribution in [0.15, 0.2) is 43.0 Å². The monoisotopic (exact) mass is 284 g/mol. The van der Waals surface area contributed by atoms with Gasteiger partial charge in [-0.2, -0.15) is 0 Å². The molecule has 2 aromatic heterocycles. The molecule has 0 spiro atoms. The Balaban J connectivity index is 1.64. The molecule has 1 unspecified atom stereocenters. The third kappa shape index (κ3) is 3.34. The van der Waals surface area contributed by atoms with Crippen molar-refractivity contribution in [1.29, 1.82) is 0 Å². The van der Waals surface area contributed by atoms with E-state index < -0.39 is 0 Å². The van der Waals surface area contributed by atoms with Crippen LogP contribution in [-0.4, -0.2) is 45.0 Å². The number of carbonyl (C=O) groups is 1. The van der Waals surface area contributed by atoms with Crippen molar-refractivity contribution < 1.29 is 9.53 Å². The molecule has 0 N–H and O–H groups in total. The molecular weight excluding hydrogens is 268 g/mol. The summed E-state index contributed by atoms with van der Waals surface area (Å²) < 4.78 is 5.74.